The van der Waals surface area contributed by atoms with Gasteiger partial charge in [-0.1, -0.05) is 133 Å². The maximum Gasteiger partial charge on any atom is 0.227 e. The maximum atomic E-state index is 6.56. The number of hydrogen-bond acceptors (Lipinski definition) is 5. The molecule has 0 fully saturated rings. The summed E-state index contributed by atoms with van der Waals surface area (Å²) < 4.78 is 19.4. The number of hydrogen-bond donors (Lipinski definition) is 0. The first kappa shape index (κ1) is 34.5. The molecule has 0 bridgehead atoms. The van der Waals surface area contributed by atoms with Crippen LogP contribution in [0.3, 0.4) is 0 Å². The second-order valence-electron chi connectivity index (χ2n) is 15.9. The van der Waals surface area contributed by atoms with Crippen LogP contribution in [0.15, 0.2) is 220 Å². The number of nitrogens with zero attached hydrogens (tertiary/aromatic N) is 2. The van der Waals surface area contributed by atoms with Crippen LogP contribution in [-0.2, 0) is 0 Å². The highest BCUT2D eigenvalue weighted by atomic mass is 16.3. The van der Waals surface area contributed by atoms with Gasteiger partial charge in [-0.25, -0.2) is 4.98 Å². The van der Waals surface area contributed by atoms with E-state index in [0.717, 1.165) is 116 Å². The van der Waals surface area contributed by atoms with Gasteiger partial charge in [0.25, 0.3) is 0 Å². The van der Waals surface area contributed by atoms with Gasteiger partial charge in [0.1, 0.15) is 27.8 Å². The van der Waals surface area contributed by atoms with Gasteiger partial charge in [0, 0.05) is 27.4 Å². The van der Waals surface area contributed by atoms with Crippen LogP contribution in [0, 0.1) is 0 Å². The van der Waals surface area contributed by atoms with Gasteiger partial charge in [-0.15, -0.1) is 0 Å². The molecule has 0 unspecified atom stereocenters. The van der Waals surface area contributed by atoms with Crippen molar-refractivity contribution in [3.63, 3.8) is 0 Å². The molecule has 0 aliphatic heterocycles. The Bertz CT molecular complexity index is 3780. The third kappa shape index (κ3) is 5.38. The summed E-state index contributed by atoms with van der Waals surface area (Å²) in [5.41, 5.74) is 13.5. The number of furan rings is 2. The lowest BCUT2D eigenvalue weighted by Crippen LogP contribution is -2.10. The summed E-state index contributed by atoms with van der Waals surface area (Å²) in [7, 11) is 0. The number of para-hydroxylation sites is 2. The van der Waals surface area contributed by atoms with E-state index in [-0.39, 0.29) is 0 Å². The van der Waals surface area contributed by atoms with Crippen LogP contribution in [0.25, 0.3) is 110 Å². The minimum Gasteiger partial charge on any atom is -0.456 e. The molecule has 62 heavy (non-hydrogen) atoms. The van der Waals surface area contributed by atoms with E-state index in [1.165, 1.54) is 5.39 Å². The molecule has 0 amide bonds. The van der Waals surface area contributed by atoms with E-state index in [1.807, 2.05) is 36.4 Å². The summed E-state index contributed by atoms with van der Waals surface area (Å²) in [5, 5.41) is 8.80. The van der Waals surface area contributed by atoms with E-state index in [4.69, 9.17) is 18.2 Å². The fourth-order valence-electron chi connectivity index (χ4n) is 9.40. The Labute approximate surface area is 355 Å². The smallest absolute Gasteiger partial charge is 0.227 e. The first-order chi connectivity index (χ1) is 30.7. The molecule has 13 rings (SSSR count). The minimum atomic E-state index is 0.616. The van der Waals surface area contributed by atoms with Crippen LogP contribution in [-0.4, -0.2) is 4.98 Å². The molecule has 5 heteroatoms. The van der Waals surface area contributed by atoms with E-state index in [2.05, 4.69) is 175 Å². The monoisotopic (exact) mass is 794 g/mol. The van der Waals surface area contributed by atoms with Gasteiger partial charge in [-0.05, 0) is 111 Å². The molecule has 0 aliphatic rings. The molecule has 0 N–H and O–H groups in total. The molecule has 3 heterocycles. The number of rotatable bonds is 6. The first-order valence-electron chi connectivity index (χ1n) is 20.8. The number of anilines is 3. The van der Waals surface area contributed by atoms with Crippen molar-refractivity contribution in [2.24, 2.45) is 0 Å². The van der Waals surface area contributed by atoms with E-state index in [1.54, 1.807) is 0 Å². The Kier molecular flexibility index (Phi) is 7.54. The fraction of sp³-hybridized carbons (Fsp3) is 0. The summed E-state index contributed by atoms with van der Waals surface area (Å²) in [4.78, 5) is 7.41. The average Bonchev–Trinajstić information content (AvgIpc) is 4.06. The topological polar surface area (TPSA) is 55.6 Å². The lowest BCUT2D eigenvalue weighted by atomic mass is 9.94. The number of fused-ring (bicyclic) bond motifs is 10. The largest absolute Gasteiger partial charge is 0.456 e. The Morgan fingerprint density at radius 2 is 0.903 bits per heavy atom. The number of aromatic nitrogens is 1. The van der Waals surface area contributed by atoms with Crippen molar-refractivity contribution in [2.45, 2.75) is 0 Å². The normalized spacial score (nSPS) is 11.9. The molecule has 10 aromatic carbocycles. The van der Waals surface area contributed by atoms with Crippen LogP contribution in [0.5, 0.6) is 0 Å². The first-order valence-corrected chi connectivity index (χ1v) is 20.8. The molecule has 0 atom stereocenters. The van der Waals surface area contributed by atoms with Crippen LogP contribution in [0.1, 0.15) is 0 Å². The highest BCUT2D eigenvalue weighted by molar-refractivity contribution is 6.18. The zero-order chi connectivity index (χ0) is 40.7. The number of benzene rings is 10. The maximum absolute atomic E-state index is 6.56. The average molecular weight is 795 g/mol. The fourth-order valence-corrected chi connectivity index (χ4v) is 9.40. The van der Waals surface area contributed by atoms with E-state index >= 15 is 0 Å². The third-order valence-electron chi connectivity index (χ3n) is 12.3. The molecule has 0 radical (unpaired) electrons. The van der Waals surface area contributed by atoms with Crippen molar-refractivity contribution in [1.82, 2.24) is 4.98 Å². The minimum absolute atomic E-state index is 0.616. The SMILES string of the molecule is c1cc(-c2ccc(N(c3cccc4oc5ccccc5c34)c3cccc4oc5ccccc5c34)cc2)cc(-c2cc3oc(-c4ccc5ccccc5c4)nc3c3ccccc23)c1. The van der Waals surface area contributed by atoms with Crippen molar-refractivity contribution >= 4 is 93.6 Å². The van der Waals surface area contributed by atoms with E-state index < -0.39 is 0 Å². The van der Waals surface area contributed by atoms with Crippen LogP contribution in [0.4, 0.5) is 17.1 Å². The molecule has 0 saturated carbocycles. The van der Waals surface area contributed by atoms with Gasteiger partial charge in [0.15, 0.2) is 5.58 Å². The summed E-state index contributed by atoms with van der Waals surface area (Å²) in [6, 6.07) is 72.2. The lowest BCUT2D eigenvalue weighted by Gasteiger charge is -2.27. The Morgan fingerprint density at radius 1 is 0.339 bits per heavy atom. The zero-order valence-corrected chi connectivity index (χ0v) is 33.2. The lowest BCUT2D eigenvalue weighted by molar-refractivity contribution is 0.620. The van der Waals surface area contributed by atoms with Crippen LogP contribution >= 0.6 is 0 Å². The van der Waals surface area contributed by atoms with Crippen molar-refractivity contribution in [3.05, 3.63) is 206 Å². The van der Waals surface area contributed by atoms with E-state index in [9.17, 15) is 0 Å². The summed E-state index contributed by atoms with van der Waals surface area (Å²) in [6.45, 7) is 0. The molecule has 290 valence electrons. The summed E-state index contributed by atoms with van der Waals surface area (Å²) in [6.07, 6.45) is 0. The highest BCUT2D eigenvalue weighted by Gasteiger charge is 2.23. The molecule has 5 nitrogen and oxygen atoms in total. The second kappa shape index (κ2) is 13.6. The Balaban J connectivity index is 0.934. The molecule has 0 saturated heterocycles. The molecule has 0 spiro atoms. The Hall–Kier alpha value is -8.41. The van der Waals surface area contributed by atoms with Gasteiger partial charge >= 0.3 is 0 Å². The molecular formula is C57H34N2O3. The summed E-state index contributed by atoms with van der Waals surface area (Å²) in [5.74, 6) is 0.616. The second-order valence-corrected chi connectivity index (χ2v) is 15.9. The van der Waals surface area contributed by atoms with Crippen LogP contribution < -0.4 is 4.90 Å². The highest BCUT2D eigenvalue weighted by Crippen LogP contribution is 2.47. The van der Waals surface area contributed by atoms with Crippen molar-refractivity contribution in [3.8, 4) is 33.7 Å². The molecule has 3 aromatic heterocycles. The van der Waals surface area contributed by atoms with Gasteiger partial charge < -0.3 is 18.2 Å². The van der Waals surface area contributed by atoms with Gasteiger partial charge in [0.2, 0.25) is 5.89 Å². The zero-order valence-electron chi connectivity index (χ0n) is 33.2. The Morgan fingerprint density at radius 3 is 1.61 bits per heavy atom. The molecule has 0 aliphatic carbocycles. The van der Waals surface area contributed by atoms with Gasteiger partial charge in [-0.2, -0.15) is 0 Å². The molecular weight excluding hydrogens is 761 g/mol. The predicted octanol–water partition coefficient (Wildman–Crippen LogP) is 16.4. The van der Waals surface area contributed by atoms with Gasteiger partial charge in [-0.3, -0.25) is 0 Å². The number of oxazole rings is 1. The molecule has 13 aromatic rings. The quantitative estimate of drug-likeness (QED) is 0.168. The van der Waals surface area contributed by atoms with Crippen LogP contribution in [0.2, 0.25) is 0 Å². The third-order valence-corrected chi connectivity index (χ3v) is 12.3. The van der Waals surface area contributed by atoms with E-state index in [0.29, 0.717) is 5.89 Å². The standard InChI is InChI=1S/C57H34N2O3/c1-2-13-37-33-40(27-26-35(37)12-1)57-58-56-43-17-4-3-16-42(43)46(34-53(56)62-57)39-15-9-14-38(32-39)36-28-30-41(31-29-36)59(47-20-10-24-51-54(47)44-18-5-7-22-49(44)60-51)48-21-11-25-52-55(48)45-19-6-8-23-50(45)61-52/h1-34H. The van der Waals surface area contributed by atoms with Crippen molar-refractivity contribution < 1.29 is 13.3 Å². The van der Waals surface area contributed by atoms with Gasteiger partial charge in [0.05, 0.1) is 22.1 Å². The predicted molar refractivity (Wildman–Crippen MR) is 255 cm³/mol. The summed E-state index contributed by atoms with van der Waals surface area (Å²) >= 11 is 0. The van der Waals surface area contributed by atoms with Crippen molar-refractivity contribution in [1.29, 1.82) is 0 Å². The van der Waals surface area contributed by atoms with Crippen molar-refractivity contribution in [2.75, 3.05) is 4.90 Å².